The van der Waals surface area contributed by atoms with Crippen LogP contribution in [-0.2, 0) is 72.2 Å². The van der Waals surface area contributed by atoms with E-state index in [0.29, 0.717) is 40.2 Å². The van der Waals surface area contributed by atoms with E-state index >= 15 is 0 Å². The van der Waals surface area contributed by atoms with Gasteiger partial charge in [0, 0.05) is 0 Å². The van der Waals surface area contributed by atoms with Crippen LogP contribution in [0, 0.1) is 0 Å². The molecule has 99 heavy (non-hydrogen) atoms. The van der Waals surface area contributed by atoms with Crippen molar-refractivity contribution in [3.05, 3.63) is 246 Å². The predicted octanol–water partition coefficient (Wildman–Crippen LogP) is 17.1. The number of hydrogen-bond acceptors (Lipinski definition) is 13. The first-order valence-electron chi connectivity index (χ1n) is 28.1. The molecule has 0 aliphatic rings. The quantitative estimate of drug-likeness (QED) is 0.0238. The molecule has 2 unspecified atom stereocenters. The average Bonchev–Trinajstić information content (AvgIpc) is 0.725. The topological polar surface area (TPSA) is 226 Å². The minimum Gasteiger partial charge on any atom is -0.743 e. The Hall–Kier alpha value is -7.32. The van der Waals surface area contributed by atoms with E-state index in [4.69, 9.17) is 0 Å². The summed E-state index contributed by atoms with van der Waals surface area (Å²) < 4.78 is 328. The molecule has 2 atom stereocenters. The van der Waals surface area contributed by atoms with Crippen LogP contribution >= 0.6 is 0 Å². The van der Waals surface area contributed by atoms with Crippen molar-refractivity contribution in [3.8, 4) is 11.5 Å². The lowest BCUT2D eigenvalue weighted by molar-refractivity contribution is -0.247. The zero-order valence-electron chi connectivity index (χ0n) is 51.3. The van der Waals surface area contributed by atoms with Crippen molar-refractivity contribution in [1.82, 2.24) is 0 Å². The highest BCUT2D eigenvalue weighted by Gasteiger charge is 2.82. The maximum atomic E-state index is 14.0. The monoisotopic (exact) mass is 1540 g/mol. The van der Waals surface area contributed by atoms with Gasteiger partial charge in [0.2, 0.25) is 0 Å². The summed E-state index contributed by atoms with van der Waals surface area (Å²) >= 11 is 0. The number of hydrogen-bond donors (Lipinski definition) is 0. The molecule has 0 aliphatic carbocycles. The Morgan fingerprint density at radius 1 is 0.343 bits per heavy atom. The van der Waals surface area contributed by atoms with Gasteiger partial charge in [-0.1, -0.05) is 161 Å². The first-order chi connectivity index (χ1) is 45.7. The second-order valence-electron chi connectivity index (χ2n) is 20.5. The van der Waals surface area contributed by atoms with E-state index in [0.717, 1.165) is 24.3 Å². The summed E-state index contributed by atoms with van der Waals surface area (Å²) in [4.78, 5) is 8.17. The molecule has 0 aliphatic heterocycles. The molecule has 8 rings (SSSR count). The third-order valence-corrected chi connectivity index (χ3v) is 24.6. The van der Waals surface area contributed by atoms with Crippen LogP contribution in [0.25, 0.3) is 4.13 Å². The first kappa shape index (κ1) is 82.3. The van der Waals surface area contributed by atoms with Crippen molar-refractivity contribution in [1.29, 1.82) is 0 Å². The normalized spacial score (nSPS) is 13.7. The zero-order chi connectivity index (χ0) is 74.5. The molecule has 8 aromatic rings. The largest absolute Gasteiger partial charge is 0.743 e. The standard InChI is InChI=1S/2C18H15S.C14H13F9NO7S3.C13H14F6O6S2/c2*1-4-10-16(11-5-1)19(17-12-6-2-7-13-17)18-14-8-3-9-15-18;1-3-8(2)9-4-6-10(7-5-9)31-34(29,30)13(19,20)11(15,16)12(17,18)32(25,26)24-33(27,28)14(21,22)23;1-3-8(2)9-4-6-10(7-5-9)25-27(23,24)13(18,19)11(14,15)12(16,17)26(20,21)22/h2*1-15H;4-8H,3H2,1-2H3;4-8H,3H2,1-2H3,(H,20,21,22)/q2*+1;-1;/p-1. The van der Waals surface area contributed by atoms with Gasteiger partial charge in [-0.15, -0.1) is 0 Å². The van der Waals surface area contributed by atoms with E-state index in [1.54, 1.807) is 20.8 Å². The predicted molar refractivity (Wildman–Crippen MR) is 339 cm³/mol. The fourth-order valence-corrected chi connectivity index (χ4v) is 16.7. The molecular formula is C63H56F15NO13S7. The zero-order valence-corrected chi connectivity index (χ0v) is 57.0. The van der Waals surface area contributed by atoms with Crippen molar-refractivity contribution in [2.45, 2.75) is 120 Å². The molecule has 0 N–H and O–H groups in total. The van der Waals surface area contributed by atoms with Crippen molar-refractivity contribution < 1.29 is 121 Å². The van der Waals surface area contributed by atoms with Gasteiger partial charge in [-0.2, -0.15) is 82.7 Å². The molecule has 538 valence electrons. The van der Waals surface area contributed by atoms with Crippen LogP contribution in [0.15, 0.2) is 260 Å². The summed E-state index contributed by atoms with van der Waals surface area (Å²) in [6, 6.07) is 72.0. The van der Waals surface area contributed by atoms with Crippen LogP contribution in [0.1, 0.15) is 63.5 Å². The third kappa shape index (κ3) is 19.0. The SMILES string of the molecule is CCC(C)c1ccc(OS(=O)(=O)C(F)(F)C(F)(F)C(F)(F)S(=O)(=O)[N-]S(=O)(=O)C(F)(F)F)cc1.CCC(C)c1ccc(OS(=O)(=O)C(F)(F)C(F)(F)C(F)(F)S(=O)(=O)[O-])cc1.c1ccc([S+](c2ccccc2)c2ccccc2)cc1.c1ccc([S+](c2ccccc2)c2ccccc2)cc1. The summed E-state index contributed by atoms with van der Waals surface area (Å²) in [7, 11) is -36.7. The molecule has 14 nitrogen and oxygen atoms in total. The number of rotatable bonds is 24. The number of alkyl halides is 15. The minimum atomic E-state index is -7.96. The van der Waals surface area contributed by atoms with Crippen molar-refractivity contribution in [2.75, 3.05) is 0 Å². The molecule has 0 heterocycles. The van der Waals surface area contributed by atoms with Crippen LogP contribution in [-0.4, -0.2) is 85.0 Å². The Morgan fingerprint density at radius 2 is 0.566 bits per heavy atom. The smallest absolute Gasteiger partial charge is 0.480 e. The molecule has 0 bridgehead atoms. The fourth-order valence-electron chi connectivity index (χ4n) is 7.88. The second kappa shape index (κ2) is 32.6. The summed E-state index contributed by atoms with van der Waals surface area (Å²) in [6.07, 6.45) is 1.21. The van der Waals surface area contributed by atoms with Gasteiger partial charge in [0.05, 0.1) is 21.8 Å². The molecule has 8 aromatic carbocycles. The Balaban J connectivity index is 0.000000244. The molecule has 36 heteroatoms. The van der Waals surface area contributed by atoms with Crippen LogP contribution in [0.2, 0.25) is 0 Å². The molecule has 0 saturated heterocycles. The van der Waals surface area contributed by atoms with E-state index in [1.807, 2.05) is 6.92 Å². The highest BCUT2D eigenvalue weighted by Crippen LogP contribution is 2.54. The van der Waals surface area contributed by atoms with Crippen LogP contribution in [0.4, 0.5) is 65.9 Å². The van der Waals surface area contributed by atoms with E-state index in [2.05, 4.69) is 190 Å². The Kier molecular flexibility index (Phi) is 27.1. The van der Waals surface area contributed by atoms with Gasteiger partial charge in [0.1, 0.15) is 11.5 Å². The number of nitrogens with zero attached hydrogens (tertiary/aromatic N) is 1. The highest BCUT2D eigenvalue weighted by molar-refractivity contribution is 8.13. The number of benzene rings is 8. The van der Waals surface area contributed by atoms with E-state index in [9.17, 15) is 112 Å². The van der Waals surface area contributed by atoms with Crippen molar-refractivity contribution in [2.24, 2.45) is 0 Å². The first-order valence-corrected chi connectivity index (χ1v) is 37.6. The van der Waals surface area contributed by atoms with E-state index in [1.165, 1.54) is 41.5 Å². The molecule has 0 radical (unpaired) electrons. The lowest BCUT2D eigenvalue weighted by Gasteiger charge is -2.35. The summed E-state index contributed by atoms with van der Waals surface area (Å²) in [5.74, 6) is -16.8. The van der Waals surface area contributed by atoms with Gasteiger partial charge in [-0.25, -0.2) is 25.3 Å². The van der Waals surface area contributed by atoms with Gasteiger partial charge < -0.3 is 17.0 Å². The molecule has 0 spiro atoms. The van der Waals surface area contributed by atoms with Gasteiger partial charge >= 0.3 is 58.6 Å². The van der Waals surface area contributed by atoms with Gasteiger partial charge in [-0.05, 0) is 133 Å². The van der Waals surface area contributed by atoms with Crippen LogP contribution in [0.3, 0.4) is 0 Å². The Bertz CT molecular complexity index is 4190. The molecule has 0 saturated carbocycles. The molecule has 0 fully saturated rings. The van der Waals surface area contributed by atoms with Crippen LogP contribution < -0.4 is 8.37 Å². The van der Waals surface area contributed by atoms with Crippen molar-refractivity contribution >= 4 is 72.2 Å². The molecule has 0 amide bonds. The summed E-state index contributed by atoms with van der Waals surface area (Å²) in [5, 5.41) is -28.3. The lowest BCUT2D eigenvalue weighted by atomic mass is 9.99. The molecule has 0 aromatic heterocycles. The summed E-state index contributed by atoms with van der Waals surface area (Å²) in [5.41, 5.74) is -5.59. The third-order valence-electron chi connectivity index (χ3n) is 13.6. The fraction of sp³-hybridized carbons (Fsp3) is 0.238. The Labute approximate surface area is 567 Å². The average molecular weight is 1540 g/mol. The maximum Gasteiger partial charge on any atom is 0.480 e. The van der Waals surface area contributed by atoms with Gasteiger partial charge in [0.15, 0.2) is 59.5 Å². The molecular weight excluding hydrogens is 1490 g/mol. The van der Waals surface area contributed by atoms with E-state index in [-0.39, 0.29) is 33.6 Å². The maximum absolute atomic E-state index is 14.0. The number of halogens is 15. The highest BCUT2D eigenvalue weighted by atomic mass is 32.3. The van der Waals surface area contributed by atoms with Gasteiger partial charge in [0.25, 0.3) is 0 Å². The lowest BCUT2D eigenvalue weighted by Crippen LogP contribution is -2.61. The Morgan fingerprint density at radius 3 is 0.768 bits per heavy atom. The van der Waals surface area contributed by atoms with Gasteiger partial charge in [-0.3, -0.25) is 0 Å². The van der Waals surface area contributed by atoms with E-state index < -0.39 is 100 Å². The number of sulfonamides is 2. The second-order valence-corrected chi connectivity index (χ2v) is 32.6. The minimum absolute atomic E-state index is 0.0146. The van der Waals surface area contributed by atoms with Crippen LogP contribution in [0.5, 0.6) is 11.5 Å². The van der Waals surface area contributed by atoms with Crippen molar-refractivity contribution in [3.63, 3.8) is 0 Å². The summed E-state index contributed by atoms with van der Waals surface area (Å²) in [6.45, 7) is 7.01.